The molecule has 0 radical (unpaired) electrons. The van der Waals surface area contributed by atoms with Crippen LogP contribution in [0.5, 0.6) is 0 Å². The fourth-order valence-electron chi connectivity index (χ4n) is 2.92. The molecule has 0 aliphatic rings. The van der Waals surface area contributed by atoms with E-state index >= 15 is 0 Å². The molecule has 0 saturated heterocycles. The smallest absolute Gasteiger partial charge is 0.102 e. The highest BCUT2D eigenvalue weighted by Gasteiger charge is 2.14. The molecule has 2 aromatic carbocycles. The molecule has 0 aliphatic carbocycles. The van der Waals surface area contributed by atoms with E-state index in [0.29, 0.717) is 0 Å². The van der Waals surface area contributed by atoms with E-state index in [9.17, 15) is 0 Å². The summed E-state index contributed by atoms with van der Waals surface area (Å²) in [5, 5.41) is 8.72. The Morgan fingerprint density at radius 1 is 0.833 bits per heavy atom. The Kier molecular flexibility index (Phi) is 3.50. The lowest BCUT2D eigenvalue weighted by Crippen LogP contribution is -2.08. The van der Waals surface area contributed by atoms with Crippen LogP contribution in [0.4, 0.5) is 5.69 Å². The summed E-state index contributed by atoms with van der Waals surface area (Å²) in [7, 11) is 4.08. The van der Waals surface area contributed by atoms with E-state index in [0.717, 1.165) is 39.1 Å². The Bertz CT molecular complexity index is 987. The van der Waals surface area contributed by atoms with Gasteiger partial charge < -0.3 is 4.90 Å². The number of H-pyrrole nitrogens is 1. The van der Waals surface area contributed by atoms with E-state index in [2.05, 4.69) is 56.5 Å². The van der Waals surface area contributed by atoms with Crippen LogP contribution in [0.3, 0.4) is 0 Å². The van der Waals surface area contributed by atoms with Crippen LogP contribution >= 0.6 is 0 Å². The SMILES string of the molecule is CN(C)c1cccc(-c2nccc3[nH]nc(-c4ccccc4)c23)c1. The van der Waals surface area contributed by atoms with Crippen LogP contribution in [0.2, 0.25) is 0 Å². The molecule has 4 heteroatoms. The maximum Gasteiger partial charge on any atom is 0.102 e. The highest BCUT2D eigenvalue weighted by molar-refractivity contribution is 6.02. The van der Waals surface area contributed by atoms with Gasteiger partial charge in [0.05, 0.1) is 16.6 Å². The minimum absolute atomic E-state index is 0.934. The topological polar surface area (TPSA) is 44.8 Å². The third kappa shape index (κ3) is 2.42. The molecular formula is C20H18N4. The average Bonchev–Trinajstić information content (AvgIpc) is 3.07. The van der Waals surface area contributed by atoms with Gasteiger partial charge in [-0.1, -0.05) is 42.5 Å². The molecule has 0 bridgehead atoms. The van der Waals surface area contributed by atoms with Crippen LogP contribution in [0.15, 0.2) is 66.9 Å². The summed E-state index contributed by atoms with van der Waals surface area (Å²) < 4.78 is 0. The fourth-order valence-corrected chi connectivity index (χ4v) is 2.92. The summed E-state index contributed by atoms with van der Waals surface area (Å²) in [6, 6.07) is 20.6. The summed E-state index contributed by atoms with van der Waals surface area (Å²) in [5.41, 5.74) is 6.20. The minimum Gasteiger partial charge on any atom is -0.378 e. The highest BCUT2D eigenvalue weighted by atomic mass is 15.1. The Labute approximate surface area is 140 Å². The van der Waals surface area contributed by atoms with Crippen molar-refractivity contribution in [3.05, 3.63) is 66.9 Å². The maximum atomic E-state index is 4.66. The molecule has 118 valence electrons. The first kappa shape index (κ1) is 14.5. The van der Waals surface area contributed by atoms with Crippen molar-refractivity contribution < 1.29 is 0 Å². The van der Waals surface area contributed by atoms with E-state index in [1.807, 2.05) is 44.6 Å². The van der Waals surface area contributed by atoms with E-state index in [4.69, 9.17) is 0 Å². The number of fused-ring (bicyclic) bond motifs is 1. The lowest BCUT2D eigenvalue weighted by atomic mass is 10.0. The van der Waals surface area contributed by atoms with E-state index in [-0.39, 0.29) is 0 Å². The Hall–Kier alpha value is -3.14. The second-order valence-electron chi connectivity index (χ2n) is 5.97. The normalized spacial score (nSPS) is 10.9. The zero-order chi connectivity index (χ0) is 16.5. The van der Waals surface area contributed by atoms with Crippen molar-refractivity contribution in [2.45, 2.75) is 0 Å². The van der Waals surface area contributed by atoms with Crippen molar-refractivity contribution in [3.8, 4) is 22.5 Å². The number of rotatable bonds is 3. The van der Waals surface area contributed by atoms with Crippen LogP contribution in [-0.2, 0) is 0 Å². The third-order valence-electron chi connectivity index (χ3n) is 4.16. The molecule has 0 fully saturated rings. The van der Waals surface area contributed by atoms with Crippen molar-refractivity contribution in [2.24, 2.45) is 0 Å². The zero-order valence-corrected chi connectivity index (χ0v) is 13.7. The van der Waals surface area contributed by atoms with Gasteiger partial charge in [0, 0.05) is 37.1 Å². The summed E-state index contributed by atoms with van der Waals surface area (Å²) >= 11 is 0. The molecule has 0 saturated carbocycles. The lowest BCUT2D eigenvalue weighted by molar-refractivity contribution is 1.12. The lowest BCUT2D eigenvalue weighted by Gasteiger charge is -2.13. The van der Waals surface area contributed by atoms with Crippen LogP contribution in [0.25, 0.3) is 33.4 Å². The summed E-state index contributed by atoms with van der Waals surface area (Å²) in [6.45, 7) is 0. The number of aromatic amines is 1. The highest BCUT2D eigenvalue weighted by Crippen LogP contribution is 2.34. The quantitative estimate of drug-likeness (QED) is 0.611. The minimum atomic E-state index is 0.934. The summed E-state index contributed by atoms with van der Waals surface area (Å²) in [5.74, 6) is 0. The van der Waals surface area contributed by atoms with Crippen molar-refractivity contribution >= 4 is 16.6 Å². The number of hydrogen-bond donors (Lipinski definition) is 1. The predicted octanol–water partition coefficient (Wildman–Crippen LogP) is 4.36. The molecule has 0 spiro atoms. The fraction of sp³-hybridized carbons (Fsp3) is 0.100. The van der Waals surface area contributed by atoms with Gasteiger partial charge in [0.1, 0.15) is 5.69 Å². The molecular weight excluding hydrogens is 296 g/mol. The monoisotopic (exact) mass is 314 g/mol. The van der Waals surface area contributed by atoms with E-state index in [1.165, 1.54) is 0 Å². The molecule has 0 unspecified atom stereocenters. The van der Waals surface area contributed by atoms with Crippen molar-refractivity contribution in [1.82, 2.24) is 15.2 Å². The summed E-state index contributed by atoms with van der Waals surface area (Å²) in [6.07, 6.45) is 1.83. The molecule has 2 heterocycles. The largest absolute Gasteiger partial charge is 0.378 e. The van der Waals surface area contributed by atoms with Crippen LogP contribution in [-0.4, -0.2) is 29.3 Å². The number of anilines is 1. The zero-order valence-electron chi connectivity index (χ0n) is 13.7. The molecule has 2 aromatic heterocycles. The van der Waals surface area contributed by atoms with Gasteiger partial charge >= 0.3 is 0 Å². The number of hydrogen-bond acceptors (Lipinski definition) is 3. The van der Waals surface area contributed by atoms with Gasteiger partial charge in [0.25, 0.3) is 0 Å². The Morgan fingerprint density at radius 2 is 1.62 bits per heavy atom. The predicted molar refractivity (Wildman–Crippen MR) is 99.1 cm³/mol. The molecule has 4 rings (SSSR count). The first-order chi connectivity index (χ1) is 11.7. The van der Waals surface area contributed by atoms with E-state index < -0.39 is 0 Å². The number of benzene rings is 2. The molecule has 0 atom stereocenters. The van der Waals surface area contributed by atoms with Gasteiger partial charge in [-0.15, -0.1) is 0 Å². The molecule has 4 aromatic rings. The molecule has 0 aliphatic heterocycles. The first-order valence-corrected chi connectivity index (χ1v) is 7.90. The maximum absolute atomic E-state index is 4.66. The second kappa shape index (κ2) is 5.81. The first-order valence-electron chi connectivity index (χ1n) is 7.90. The van der Waals surface area contributed by atoms with Gasteiger partial charge in [-0.2, -0.15) is 5.10 Å². The molecule has 4 nitrogen and oxygen atoms in total. The second-order valence-corrected chi connectivity index (χ2v) is 5.97. The molecule has 0 amide bonds. The van der Waals surface area contributed by atoms with Crippen molar-refractivity contribution in [1.29, 1.82) is 0 Å². The van der Waals surface area contributed by atoms with Crippen molar-refractivity contribution in [3.63, 3.8) is 0 Å². The summed E-state index contributed by atoms with van der Waals surface area (Å²) in [4.78, 5) is 6.75. The Balaban J connectivity index is 1.97. The van der Waals surface area contributed by atoms with Gasteiger partial charge in [-0.3, -0.25) is 10.1 Å². The number of nitrogens with zero attached hydrogens (tertiary/aromatic N) is 3. The van der Waals surface area contributed by atoms with E-state index in [1.54, 1.807) is 0 Å². The third-order valence-corrected chi connectivity index (χ3v) is 4.16. The van der Waals surface area contributed by atoms with Crippen molar-refractivity contribution in [2.75, 3.05) is 19.0 Å². The van der Waals surface area contributed by atoms with Gasteiger partial charge in [-0.25, -0.2) is 0 Å². The number of nitrogens with one attached hydrogen (secondary N) is 1. The average molecular weight is 314 g/mol. The standard InChI is InChI=1S/C20H18N4/c1-24(2)16-10-6-9-15(13-16)19-18-17(11-12-21-19)22-23-20(18)14-7-4-3-5-8-14/h3-13H,1-2H3,(H,22,23). The number of pyridine rings is 1. The van der Waals surface area contributed by atoms with Crippen LogP contribution in [0, 0.1) is 0 Å². The Morgan fingerprint density at radius 3 is 2.42 bits per heavy atom. The van der Waals surface area contributed by atoms with Crippen LogP contribution in [0.1, 0.15) is 0 Å². The van der Waals surface area contributed by atoms with Crippen LogP contribution < -0.4 is 4.90 Å². The van der Waals surface area contributed by atoms with Gasteiger partial charge in [-0.05, 0) is 18.2 Å². The molecule has 24 heavy (non-hydrogen) atoms. The van der Waals surface area contributed by atoms with Gasteiger partial charge in [0.15, 0.2) is 0 Å². The number of aromatic nitrogens is 3. The molecule has 1 N–H and O–H groups in total. The van der Waals surface area contributed by atoms with Gasteiger partial charge in [0.2, 0.25) is 0 Å².